The van der Waals surface area contributed by atoms with E-state index in [4.69, 9.17) is 16.3 Å². The van der Waals surface area contributed by atoms with Crippen LogP contribution >= 0.6 is 0 Å². The number of nitrogens with two attached hydrogens (primary N) is 1. The lowest BCUT2D eigenvalue weighted by molar-refractivity contribution is 0.556. The Morgan fingerprint density at radius 3 is 2.50 bits per heavy atom. The molecule has 0 aromatic carbocycles. The third-order valence-corrected chi connectivity index (χ3v) is 1.16. The van der Waals surface area contributed by atoms with Crippen LogP contribution in [0.2, 0.25) is 0 Å². The van der Waals surface area contributed by atoms with Gasteiger partial charge in [0.25, 0.3) is 0 Å². The minimum atomic E-state index is -0.587. The molecular formula is C8H12N4. The smallest absolute Gasteiger partial charge is 0.0976 e. The van der Waals surface area contributed by atoms with Crippen LogP contribution in [0.4, 0.5) is 0 Å². The molecule has 4 heteroatoms. The van der Waals surface area contributed by atoms with Gasteiger partial charge in [-0.05, 0) is 0 Å². The highest BCUT2D eigenvalue weighted by Crippen LogP contribution is 2.02. The van der Waals surface area contributed by atoms with Gasteiger partial charge in [-0.15, -0.1) is 0 Å². The van der Waals surface area contributed by atoms with Gasteiger partial charge in [0.2, 0.25) is 0 Å². The summed E-state index contributed by atoms with van der Waals surface area (Å²) >= 11 is 0. The zero-order chi connectivity index (χ0) is 9.56. The molecule has 0 radical (unpaired) electrons. The lowest BCUT2D eigenvalue weighted by Crippen LogP contribution is -2.18. The van der Waals surface area contributed by atoms with E-state index in [0.29, 0.717) is 12.0 Å². The van der Waals surface area contributed by atoms with E-state index < -0.39 is 6.04 Å². The molecule has 0 bridgehead atoms. The molecule has 0 heterocycles. The van der Waals surface area contributed by atoms with Crippen molar-refractivity contribution >= 4 is 0 Å². The Balaban J connectivity index is 4.23. The Morgan fingerprint density at radius 2 is 2.17 bits per heavy atom. The van der Waals surface area contributed by atoms with Crippen molar-refractivity contribution < 1.29 is 0 Å². The highest BCUT2D eigenvalue weighted by molar-refractivity contribution is 5.22. The Kier molecular flexibility index (Phi) is 4.52. The van der Waals surface area contributed by atoms with E-state index >= 15 is 0 Å². The fourth-order valence-electron chi connectivity index (χ4n) is 0.721. The molecule has 0 amide bonds. The molecule has 1 unspecified atom stereocenters. The molecule has 12 heavy (non-hydrogen) atoms. The number of hydrogen-bond acceptors (Lipinski definition) is 4. The number of nitrogens with zero attached hydrogens (tertiary/aromatic N) is 3. The van der Waals surface area contributed by atoms with E-state index in [1.165, 1.54) is 0 Å². The predicted octanol–water partition coefficient (Wildman–Crippen LogP) is 0.196. The summed E-state index contributed by atoms with van der Waals surface area (Å²) in [5, 5.41) is 17.0. The van der Waals surface area contributed by atoms with Crippen molar-refractivity contribution in [2.24, 2.45) is 5.73 Å². The van der Waals surface area contributed by atoms with Crippen molar-refractivity contribution in [2.45, 2.75) is 12.5 Å². The first-order valence-electron chi connectivity index (χ1n) is 3.52. The summed E-state index contributed by atoms with van der Waals surface area (Å²) < 4.78 is 0. The van der Waals surface area contributed by atoms with Gasteiger partial charge in [0.1, 0.15) is 0 Å². The fourth-order valence-corrected chi connectivity index (χ4v) is 0.721. The van der Waals surface area contributed by atoms with E-state index in [-0.39, 0.29) is 0 Å². The third kappa shape index (κ3) is 4.32. The number of nitriles is 2. The average Bonchev–Trinajstić information content (AvgIpc) is 2.02. The normalized spacial score (nSPS) is 12.9. The van der Waals surface area contributed by atoms with E-state index in [1.807, 2.05) is 26.2 Å². The van der Waals surface area contributed by atoms with Crippen molar-refractivity contribution in [3.8, 4) is 12.1 Å². The lowest BCUT2D eigenvalue weighted by Gasteiger charge is -2.06. The van der Waals surface area contributed by atoms with Crippen LogP contribution in [0.5, 0.6) is 0 Å². The van der Waals surface area contributed by atoms with E-state index in [2.05, 4.69) is 0 Å². The Bertz CT molecular complexity index is 241. The summed E-state index contributed by atoms with van der Waals surface area (Å²) in [5.41, 5.74) is 5.88. The summed E-state index contributed by atoms with van der Waals surface area (Å²) in [6, 6.07) is 3.27. The molecule has 0 spiro atoms. The third-order valence-electron chi connectivity index (χ3n) is 1.16. The molecule has 4 nitrogen and oxygen atoms in total. The van der Waals surface area contributed by atoms with Gasteiger partial charge >= 0.3 is 0 Å². The second kappa shape index (κ2) is 5.17. The van der Waals surface area contributed by atoms with Crippen LogP contribution in [0.15, 0.2) is 11.8 Å². The maximum atomic E-state index is 8.61. The van der Waals surface area contributed by atoms with E-state index in [9.17, 15) is 0 Å². The van der Waals surface area contributed by atoms with Gasteiger partial charge in [-0.25, -0.2) is 0 Å². The van der Waals surface area contributed by atoms with Gasteiger partial charge in [-0.2, -0.15) is 10.5 Å². The Morgan fingerprint density at radius 1 is 1.58 bits per heavy atom. The minimum absolute atomic E-state index is 0.311. The standard InChI is InChI=1S/C8H12N4/c1-12(2)6-7(4-9)3-8(11)5-10/h6,8H,3,11H2,1-2H3/b7-6-. The van der Waals surface area contributed by atoms with E-state index in [1.54, 1.807) is 11.1 Å². The van der Waals surface area contributed by atoms with Crippen molar-refractivity contribution in [2.75, 3.05) is 14.1 Å². The van der Waals surface area contributed by atoms with Crippen molar-refractivity contribution in [3.05, 3.63) is 11.8 Å². The summed E-state index contributed by atoms with van der Waals surface area (Å²) in [6.07, 6.45) is 1.97. The van der Waals surface area contributed by atoms with Gasteiger partial charge in [-0.3, -0.25) is 0 Å². The first-order chi connectivity index (χ1) is 5.60. The molecule has 0 fully saturated rings. The van der Waals surface area contributed by atoms with E-state index in [0.717, 1.165) is 0 Å². The van der Waals surface area contributed by atoms with Gasteiger partial charge in [-0.1, -0.05) is 0 Å². The molecule has 1 atom stereocenters. The Labute approximate surface area is 72.5 Å². The van der Waals surface area contributed by atoms with Crippen LogP contribution in [0, 0.1) is 22.7 Å². The van der Waals surface area contributed by atoms with Crippen molar-refractivity contribution in [3.63, 3.8) is 0 Å². The maximum absolute atomic E-state index is 8.61. The summed E-state index contributed by atoms with van der Waals surface area (Å²) in [7, 11) is 3.63. The average molecular weight is 164 g/mol. The first-order valence-corrected chi connectivity index (χ1v) is 3.52. The quantitative estimate of drug-likeness (QED) is 0.604. The van der Waals surface area contributed by atoms with Crippen LogP contribution < -0.4 is 5.73 Å². The zero-order valence-electron chi connectivity index (χ0n) is 7.28. The number of hydrogen-bond donors (Lipinski definition) is 1. The molecule has 0 aliphatic carbocycles. The monoisotopic (exact) mass is 164 g/mol. The zero-order valence-corrected chi connectivity index (χ0v) is 7.28. The lowest BCUT2D eigenvalue weighted by atomic mass is 10.1. The fraction of sp³-hybridized carbons (Fsp3) is 0.500. The molecular weight excluding hydrogens is 152 g/mol. The highest BCUT2D eigenvalue weighted by atomic mass is 15.0. The first kappa shape index (κ1) is 10.5. The molecule has 0 aliphatic rings. The van der Waals surface area contributed by atoms with Gasteiger partial charge in [0, 0.05) is 32.3 Å². The predicted molar refractivity (Wildman–Crippen MR) is 45.6 cm³/mol. The van der Waals surface area contributed by atoms with Crippen LogP contribution in [0.1, 0.15) is 6.42 Å². The highest BCUT2D eigenvalue weighted by Gasteiger charge is 2.03. The van der Waals surface area contributed by atoms with Gasteiger partial charge in [0.05, 0.1) is 18.2 Å². The topological polar surface area (TPSA) is 76.8 Å². The summed E-state index contributed by atoms with van der Waals surface area (Å²) in [4.78, 5) is 1.75. The second-order valence-corrected chi connectivity index (χ2v) is 2.67. The summed E-state index contributed by atoms with van der Waals surface area (Å²) in [6.45, 7) is 0. The molecule has 64 valence electrons. The van der Waals surface area contributed by atoms with Crippen LogP contribution in [-0.4, -0.2) is 25.0 Å². The Hall–Kier alpha value is -1.52. The van der Waals surface area contributed by atoms with Gasteiger partial charge < -0.3 is 10.6 Å². The largest absolute Gasteiger partial charge is 0.383 e. The minimum Gasteiger partial charge on any atom is -0.383 e. The van der Waals surface area contributed by atoms with Crippen LogP contribution in [-0.2, 0) is 0 Å². The maximum Gasteiger partial charge on any atom is 0.0976 e. The van der Waals surface area contributed by atoms with Crippen LogP contribution in [0.3, 0.4) is 0 Å². The van der Waals surface area contributed by atoms with Crippen LogP contribution in [0.25, 0.3) is 0 Å². The molecule has 0 rings (SSSR count). The molecule has 0 saturated carbocycles. The molecule has 0 aromatic rings. The molecule has 0 aliphatic heterocycles. The van der Waals surface area contributed by atoms with Crippen molar-refractivity contribution in [1.29, 1.82) is 10.5 Å². The second-order valence-electron chi connectivity index (χ2n) is 2.67. The SMILES string of the molecule is CN(C)/C=C(\C#N)CC(N)C#N. The molecule has 2 N–H and O–H groups in total. The van der Waals surface area contributed by atoms with Gasteiger partial charge in [0.15, 0.2) is 0 Å². The molecule has 0 saturated heterocycles. The number of rotatable bonds is 3. The van der Waals surface area contributed by atoms with Crippen molar-refractivity contribution in [1.82, 2.24) is 4.90 Å². The molecule has 0 aromatic heterocycles. The summed E-state index contributed by atoms with van der Waals surface area (Å²) in [5.74, 6) is 0.